The van der Waals surface area contributed by atoms with Crippen LogP contribution in [-0.2, 0) is 0 Å². The quantitative estimate of drug-likeness (QED) is 0.644. The predicted octanol–water partition coefficient (Wildman–Crippen LogP) is 3.49. The molecule has 0 saturated carbocycles. The molecule has 0 unspecified atom stereocenters. The highest BCUT2D eigenvalue weighted by Crippen LogP contribution is 2.35. The lowest BCUT2D eigenvalue weighted by atomic mass is 9.98. The number of hydrogen-bond donors (Lipinski definition) is 3. The minimum Gasteiger partial charge on any atom is -0.478 e. The number of hydrogen-bond acceptors (Lipinski definition) is 6. The number of aromatic nitrogens is 3. The van der Waals surface area contributed by atoms with E-state index in [1.165, 1.54) is 6.07 Å². The lowest BCUT2D eigenvalue weighted by molar-refractivity contribution is 0.0697. The molecule has 0 aliphatic heterocycles. The van der Waals surface area contributed by atoms with Gasteiger partial charge >= 0.3 is 5.97 Å². The van der Waals surface area contributed by atoms with E-state index in [-0.39, 0.29) is 16.5 Å². The molecule has 3 aromatic rings. The summed E-state index contributed by atoms with van der Waals surface area (Å²) in [6, 6.07) is 8.40. The SMILES string of the molecule is CNc1ccc(-c2c(C)nc(N)nc2-c2ccc(C(=O)O)c(Cl)c2)cn1. The molecular weight excluding hydrogens is 354 g/mol. The summed E-state index contributed by atoms with van der Waals surface area (Å²) in [5.41, 5.74) is 9.32. The lowest BCUT2D eigenvalue weighted by Crippen LogP contribution is -2.03. The van der Waals surface area contributed by atoms with Gasteiger partial charge in [0.25, 0.3) is 0 Å². The zero-order chi connectivity index (χ0) is 18.8. The van der Waals surface area contributed by atoms with E-state index in [1.807, 2.05) is 19.1 Å². The molecule has 26 heavy (non-hydrogen) atoms. The molecule has 0 bridgehead atoms. The van der Waals surface area contributed by atoms with Gasteiger partial charge in [-0.25, -0.2) is 19.7 Å². The Balaban J connectivity index is 2.21. The number of nitrogen functional groups attached to an aromatic ring is 1. The van der Waals surface area contributed by atoms with Crippen molar-refractivity contribution in [2.45, 2.75) is 6.92 Å². The number of pyridine rings is 1. The highest BCUT2D eigenvalue weighted by Gasteiger charge is 2.17. The number of carboxylic acids is 1. The van der Waals surface area contributed by atoms with Crippen molar-refractivity contribution < 1.29 is 9.90 Å². The lowest BCUT2D eigenvalue weighted by Gasteiger charge is -2.13. The monoisotopic (exact) mass is 369 g/mol. The van der Waals surface area contributed by atoms with Crippen LogP contribution in [0.15, 0.2) is 36.5 Å². The number of aromatic carboxylic acids is 1. The molecule has 2 heterocycles. The normalized spacial score (nSPS) is 10.6. The number of nitrogens with one attached hydrogen (secondary N) is 1. The van der Waals surface area contributed by atoms with Crippen molar-refractivity contribution >= 4 is 29.3 Å². The van der Waals surface area contributed by atoms with Crippen LogP contribution in [0.1, 0.15) is 16.1 Å². The Labute approximate surface area is 154 Å². The summed E-state index contributed by atoms with van der Waals surface area (Å²) < 4.78 is 0. The van der Waals surface area contributed by atoms with Crippen molar-refractivity contribution in [1.82, 2.24) is 15.0 Å². The number of nitrogens with two attached hydrogens (primary N) is 1. The molecular formula is C18H16ClN5O2. The number of halogens is 1. The second kappa shape index (κ2) is 6.97. The Morgan fingerprint density at radius 3 is 2.50 bits per heavy atom. The van der Waals surface area contributed by atoms with E-state index in [0.29, 0.717) is 17.0 Å². The smallest absolute Gasteiger partial charge is 0.337 e. The maximum atomic E-state index is 11.2. The first kappa shape index (κ1) is 17.6. The van der Waals surface area contributed by atoms with Gasteiger partial charge in [0.05, 0.1) is 22.0 Å². The van der Waals surface area contributed by atoms with Crippen LogP contribution in [-0.4, -0.2) is 33.1 Å². The molecule has 0 amide bonds. The van der Waals surface area contributed by atoms with E-state index < -0.39 is 5.97 Å². The van der Waals surface area contributed by atoms with Gasteiger partial charge in [-0.3, -0.25) is 0 Å². The molecule has 8 heteroatoms. The Bertz CT molecular complexity index is 990. The molecule has 4 N–H and O–H groups in total. The number of carbonyl (C=O) groups is 1. The van der Waals surface area contributed by atoms with Crippen molar-refractivity contribution in [3.8, 4) is 22.4 Å². The third-order valence-corrected chi connectivity index (χ3v) is 4.20. The van der Waals surface area contributed by atoms with Crippen LogP contribution in [0.25, 0.3) is 22.4 Å². The first-order valence-electron chi connectivity index (χ1n) is 7.72. The van der Waals surface area contributed by atoms with Gasteiger partial charge in [-0.05, 0) is 31.2 Å². The van der Waals surface area contributed by atoms with Gasteiger partial charge in [-0.1, -0.05) is 17.7 Å². The molecule has 1 aromatic carbocycles. The van der Waals surface area contributed by atoms with Crippen molar-refractivity contribution in [2.75, 3.05) is 18.1 Å². The fourth-order valence-corrected chi connectivity index (χ4v) is 2.94. The summed E-state index contributed by atoms with van der Waals surface area (Å²) in [4.78, 5) is 24.1. The second-order valence-electron chi connectivity index (χ2n) is 5.57. The standard InChI is InChI=1S/C18H16ClN5O2/c1-9-15(11-4-6-14(21-2)22-8-11)16(24-18(20)23-9)10-3-5-12(17(25)26)13(19)7-10/h3-8H,1-2H3,(H,21,22)(H,25,26)(H2,20,23,24). The van der Waals surface area contributed by atoms with E-state index in [9.17, 15) is 4.79 Å². The van der Waals surface area contributed by atoms with Gasteiger partial charge in [-0.2, -0.15) is 0 Å². The van der Waals surface area contributed by atoms with Gasteiger partial charge in [0.2, 0.25) is 5.95 Å². The van der Waals surface area contributed by atoms with Crippen molar-refractivity contribution in [2.24, 2.45) is 0 Å². The summed E-state index contributed by atoms with van der Waals surface area (Å²) in [5, 5.41) is 12.2. The van der Waals surface area contributed by atoms with Crippen LogP contribution < -0.4 is 11.1 Å². The summed E-state index contributed by atoms with van der Waals surface area (Å²) in [7, 11) is 1.79. The van der Waals surface area contributed by atoms with E-state index in [4.69, 9.17) is 22.4 Å². The van der Waals surface area contributed by atoms with Gasteiger partial charge < -0.3 is 16.2 Å². The van der Waals surface area contributed by atoms with Crippen molar-refractivity contribution in [1.29, 1.82) is 0 Å². The van der Waals surface area contributed by atoms with Crippen molar-refractivity contribution in [3.63, 3.8) is 0 Å². The van der Waals surface area contributed by atoms with E-state index in [1.54, 1.807) is 25.4 Å². The van der Waals surface area contributed by atoms with Gasteiger partial charge in [0, 0.05) is 29.9 Å². The molecule has 0 atom stereocenters. The van der Waals surface area contributed by atoms with Crippen LogP contribution in [0.2, 0.25) is 5.02 Å². The summed E-state index contributed by atoms with van der Waals surface area (Å²) in [6.07, 6.45) is 1.71. The Morgan fingerprint density at radius 1 is 1.19 bits per heavy atom. The first-order chi connectivity index (χ1) is 12.4. The molecule has 132 valence electrons. The molecule has 0 fully saturated rings. The maximum absolute atomic E-state index is 11.2. The second-order valence-corrected chi connectivity index (χ2v) is 5.98. The van der Waals surface area contributed by atoms with Gasteiger partial charge in [0.1, 0.15) is 5.82 Å². The molecule has 0 spiro atoms. The highest BCUT2D eigenvalue weighted by molar-refractivity contribution is 6.33. The molecule has 0 saturated heterocycles. The third kappa shape index (κ3) is 3.29. The van der Waals surface area contributed by atoms with Crippen LogP contribution in [0.4, 0.5) is 11.8 Å². The first-order valence-corrected chi connectivity index (χ1v) is 8.10. The fraction of sp³-hybridized carbons (Fsp3) is 0.111. The molecule has 2 aromatic heterocycles. The maximum Gasteiger partial charge on any atom is 0.337 e. The molecule has 0 radical (unpaired) electrons. The molecule has 3 rings (SSSR count). The van der Waals surface area contributed by atoms with Gasteiger partial charge in [-0.15, -0.1) is 0 Å². The van der Waals surface area contributed by atoms with Crippen molar-refractivity contribution in [3.05, 3.63) is 52.8 Å². The zero-order valence-corrected chi connectivity index (χ0v) is 14.9. The Hall–Kier alpha value is -3.19. The molecule has 7 nitrogen and oxygen atoms in total. The summed E-state index contributed by atoms with van der Waals surface area (Å²) in [6.45, 7) is 1.83. The number of benzene rings is 1. The van der Waals surface area contributed by atoms with Crippen LogP contribution in [0, 0.1) is 6.92 Å². The minimum atomic E-state index is -1.09. The summed E-state index contributed by atoms with van der Waals surface area (Å²) >= 11 is 6.12. The minimum absolute atomic E-state index is 0.0238. The molecule has 0 aliphatic carbocycles. The van der Waals surface area contributed by atoms with Crippen LogP contribution >= 0.6 is 11.6 Å². The van der Waals surface area contributed by atoms with Crippen LogP contribution in [0.5, 0.6) is 0 Å². The number of carboxylic acid groups (broad SMARTS) is 1. The fourth-order valence-electron chi connectivity index (χ4n) is 2.67. The average molecular weight is 370 g/mol. The predicted molar refractivity (Wildman–Crippen MR) is 101 cm³/mol. The van der Waals surface area contributed by atoms with Gasteiger partial charge in [0.15, 0.2) is 0 Å². The third-order valence-electron chi connectivity index (χ3n) is 3.89. The van der Waals surface area contributed by atoms with Crippen LogP contribution in [0.3, 0.4) is 0 Å². The zero-order valence-electron chi connectivity index (χ0n) is 14.1. The number of aryl methyl sites for hydroxylation is 1. The number of nitrogens with zero attached hydrogens (tertiary/aromatic N) is 3. The number of rotatable bonds is 4. The Kier molecular flexibility index (Phi) is 4.73. The van der Waals surface area contributed by atoms with E-state index in [0.717, 1.165) is 16.9 Å². The largest absolute Gasteiger partial charge is 0.478 e. The highest BCUT2D eigenvalue weighted by atomic mass is 35.5. The Morgan fingerprint density at radius 2 is 1.92 bits per heavy atom. The topological polar surface area (TPSA) is 114 Å². The van der Waals surface area contributed by atoms with E-state index in [2.05, 4.69) is 20.3 Å². The number of anilines is 2. The average Bonchev–Trinajstić information content (AvgIpc) is 2.61. The molecule has 0 aliphatic rings. The summed E-state index contributed by atoms with van der Waals surface area (Å²) in [5.74, 6) is -0.232. The van der Waals surface area contributed by atoms with E-state index >= 15 is 0 Å².